The fourth-order valence-corrected chi connectivity index (χ4v) is 1.93. The first-order valence-electron chi connectivity index (χ1n) is 6.41. The van der Waals surface area contributed by atoms with Crippen molar-refractivity contribution in [1.82, 2.24) is 0 Å². The average Bonchev–Trinajstić information content (AvgIpc) is 2.44. The van der Waals surface area contributed by atoms with Crippen molar-refractivity contribution in [1.29, 1.82) is 0 Å². The number of nitro groups is 1. The Kier molecular flexibility index (Phi) is 5.96. The minimum atomic E-state index is -1.15. The van der Waals surface area contributed by atoms with Crippen LogP contribution in [0.5, 0.6) is 0 Å². The van der Waals surface area contributed by atoms with Crippen LogP contribution in [0.25, 0.3) is 0 Å². The van der Waals surface area contributed by atoms with Gasteiger partial charge in [0.15, 0.2) is 0 Å². The minimum Gasteiger partial charge on any atom is -0.481 e. The monoisotopic (exact) mass is 311 g/mol. The Balaban J connectivity index is 3.09. The summed E-state index contributed by atoms with van der Waals surface area (Å²) in [7, 11) is 0. The molecule has 0 fully saturated rings. The van der Waals surface area contributed by atoms with Gasteiger partial charge < -0.3 is 26.1 Å². The summed E-state index contributed by atoms with van der Waals surface area (Å²) >= 11 is 0. The Labute approximate surface area is 125 Å². The second kappa shape index (κ2) is 7.48. The van der Waals surface area contributed by atoms with E-state index in [1.54, 1.807) is 0 Å². The summed E-state index contributed by atoms with van der Waals surface area (Å²) in [5.74, 6) is -1.15. The molecule has 0 saturated heterocycles. The number of carbonyl (C=O) groups is 2. The predicted octanol–water partition coefficient (Wildman–Crippen LogP) is 0.429. The molecule has 0 radical (unpaired) electrons. The highest BCUT2D eigenvalue weighted by atomic mass is 16.6. The van der Waals surface area contributed by atoms with Crippen molar-refractivity contribution in [3.05, 3.63) is 33.9 Å². The SMILES string of the molecule is CC(O)c1cc(NC(CC(=O)O)[C@H](N)C=O)ccc1[N+](=O)[O-]. The minimum absolute atomic E-state index is 0.0729. The maximum atomic E-state index is 10.9. The number of aldehydes is 1. The number of carbonyl (C=O) groups excluding carboxylic acids is 1. The van der Waals surface area contributed by atoms with Crippen LogP contribution >= 0.6 is 0 Å². The Morgan fingerprint density at radius 2 is 2.18 bits per heavy atom. The van der Waals surface area contributed by atoms with Crippen LogP contribution in [0, 0.1) is 10.1 Å². The van der Waals surface area contributed by atoms with Gasteiger partial charge in [0.2, 0.25) is 0 Å². The smallest absolute Gasteiger partial charge is 0.305 e. The first kappa shape index (κ1) is 17.5. The third kappa shape index (κ3) is 4.50. The number of benzene rings is 1. The molecular weight excluding hydrogens is 294 g/mol. The quantitative estimate of drug-likeness (QED) is 0.306. The van der Waals surface area contributed by atoms with Crippen molar-refractivity contribution in [2.45, 2.75) is 31.5 Å². The molecule has 0 aromatic heterocycles. The molecule has 22 heavy (non-hydrogen) atoms. The summed E-state index contributed by atoms with van der Waals surface area (Å²) in [5, 5.41) is 32.1. The lowest BCUT2D eigenvalue weighted by Crippen LogP contribution is -2.42. The van der Waals surface area contributed by atoms with Crippen LogP contribution in [-0.4, -0.2) is 39.5 Å². The molecule has 0 aliphatic heterocycles. The number of anilines is 1. The number of carboxylic acids is 1. The summed E-state index contributed by atoms with van der Waals surface area (Å²) in [6.07, 6.45) is -1.07. The van der Waals surface area contributed by atoms with Gasteiger partial charge in [0.05, 0.1) is 35.1 Å². The van der Waals surface area contributed by atoms with Gasteiger partial charge in [-0.3, -0.25) is 14.9 Å². The number of hydrogen-bond donors (Lipinski definition) is 4. The van der Waals surface area contributed by atoms with Crippen molar-refractivity contribution >= 4 is 23.6 Å². The van der Waals surface area contributed by atoms with Crippen LogP contribution in [0.15, 0.2) is 18.2 Å². The Bertz CT molecular complexity index is 575. The fraction of sp³-hybridized carbons (Fsp3) is 0.385. The Morgan fingerprint density at radius 1 is 1.55 bits per heavy atom. The van der Waals surface area contributed by atoms with E-state index >= 15 is 0 Å². The molecule has 0 amide bonds. The number of nitrogens with one attached hydrogen (secondary N) is 1. The summed E-state index contributed by atoms with van der Waals surface area (Å²) in [6.45, 7) is 1.37. The number of hydrogen-bond acceptors (Lipinski definition) is 7. The molecule has 9 nitrogen and oxygen atoms in total. The van der Waals surface area contributed by atoms with Gasteiger partial charge in [-0.15, -0.1) is 0 Å². The van der Waals surface area contributed by atoms with Crippen LogP contribution in [0.4, 0.5) is 11.4 Å². The average molecular weight is 311 g/mol. The van der Waals surface area contributed by atoms with Crippen LogP contribution < -0.4 is 11.1 Å². The third-order valence-corrected chi connectivity index (χ3v) is 3.04. The van der Waals surface area contributed by atoms with E-state index in [-0.39, 0.29) is 11.3 Å². The number of rotatable bonds is 8. The maximum absolute atomic E-state index is 10.9. The van der Waals surface area contributed by atoms with Crippen molar-refractivity contribution in [3.8, 4) is 0 Å². The molecule has 1 aromatic carbocycles. The number of nitrogens with two attached hydrogens (primary N) is 1. The van der Waals surface area contributed by atoms with Crippen LogP contribution in [0.2, 0.25) is 0 Å². The van der Waals surface area contributed by atoms with Gasteiger partial charge in [0.25, 0.3) is 5.69 Å². The highest BCUT2D eigenvalue weighted by Gasteiger charge is 2.23. The van der Waals surface area contributed by atoms with Gasteiger partial charge in [0.1, 0.15) is 6.29 Å². The molecule has 0 aliphatic carbocycles. The number of aliphatic hydroxyl groups is 1. The van der Waals surface area contributed by atoms with Gasteiger partial charge in [-0.2, -0.15) is 0 Å². The highest BCUT2D eigenvalue weighted by molar-refractivity contribution is 5.71. The first-order chi connectivity index (χ1) is 10.3. The molecular formula is C13H17N3O6. The number of aliphatic carboxylic acids is 1. The zero-order valence-electron chi connectivity index (χ0n) is 11.8. The van der Waals surface area contributed by atoms with Crippen molar-refractivity contribution in [2.75, 3.05) is 5.32 Å². The lowest BCUT2D eigenvalue weighted by molar-refractivity contribution is -0.386. The molecule has 3 atom stereocenters. The second-order valence-corrected chi connectivity index (χ2v) is 4.77. The van der Waals surface area contributed by atoms with E-state index in [2.05, 4.69) is 5.32 Å². The van der Waals surface area contributed by atoms with Gasteiger partial charge in [-0.1, -0.05) is 0 Å². The third-order valence-electron chi connectivity index (χ3n) is 3.04. The topological polar surface area (TPSA) is 156 Å². The molecule has 120 valence electrons. The van der Waals surface area contributed by atoms with Crippen LogP contribution in [0.3, 0.4) is 0 Å². The predicted molar refractivity (Wildman–Crippen MR) is 77.4 cm³/mol. The molecule has 0 bridgehead atoms. The number of aliphatic hydroxyl groups excluding tert-OH is 1. The van der Waals surface area contributed by atoms with Crippen molar-refractivity contribution in [2.24, 2.45) is 5.73 Å². The summed E-state index contributed by atoms with van der Waals surface area (Å²) in [5.41, 5.74) is 5.68. The lowest BCUT2D eigenvalue weighted by atomic mass is 10.0. The summed E-state index contributed by atoms with van der Waals surface area (Å²) < 4.78 is 0. The summed E-state index contributed by atoms with van der Waals surface area (Å²) in [6, 6.07) is 1.94. The molecule has 0 heterocycles. The van der Waals surface area contributed by atoms with Gasteiger partial charge in [0, 0.05) is 11.8 Å². The van der Waals surface area contributed by atoms with Gasteiger partial charge in [-0.05, 0) is 19.1 Å². The standard InChI is InChI=1S/C13H17N3O6/c1-7(18)9-4-8(2-3-12(9)16(21)22)15-11(5-13(19)20)10(14)6-17/h2-4,6-7,10-11,15,18H,5,14H2,1H3,(H,19,20)/t7?,10-,11?/m1/s1. The van der Waals surface area contributed by atoms with E-state index in [1.165, 1.54) is 25.1 Å². The van der Waals surface area contributed by atoms with Crippen LogP contribution in [-0.2, 0) is 9.59 Å². The molecule has 1 rings (SSSR count). The molecule has 9 heteroatoms. The fourth-order valence-electron chi connectivity index (χ4n) is 1.93. The largest absolute Gasteiger partial charge is 0.481 e. The number of carboxylic acid groups (broad SMARTS) is 1. The molecule has 0 spiro atoms. The van der Waals surface area contributed by atoms with Gasteiger partial charge in [-0.25, -0.2) is 0 Å². The molecule has 5 N–H and O–H groups in total. The maximum Gasteiger partial charge on any atom is 0.305 e. The van der Waals surface area contributed by atoms with E-state index in [1.807, 2.05) is 0 Å². The van der Waals surface area contributed by atoms with E-state index in [4.69, 9.17) is 10.8 Å². The zero-order chi connectivity index (χ0) is 16.9. The second-order valence-electron chi connectivity index (χ2n) is 4.77. The molecule has 2 unspecified atom stereocenters. The van der Waals surface area contributed by atoms with E-state index in [0.717, 1.165) is 0 Å². The van der Waals surface area contributed by atoms with Gasteiger partial charge >= 0.3 is 5.97 Å². The first-order valence-corrected chi connectivity index (χ1v) is 6.41. The molecule has 0 aliphatic rings. The Hall–Kier alpha value is -2.52. The highest BCUT2D eigenvalue weighted by Crippen LogP contribution is 2.28. The van der Waals surface area contributed by atoms with E-state index in [9.17, 15) is 24.8 Å². The summed E-state index contributed by atoms with van der Waals surface area (Å²) in [4.78, 5) is 31.8. The van der Waals surface area contributed by atoms with Crippen molar-refractivity contribution in [3.63, 3.8) is 0 Å². The normalized spacial score (nSPS) is 14.7. The van der Waals surface area contributed by atoms with E-state index in [0.29, 0.717) is 12.0 Å². The number of nitro benzene ring substituents is 1. The Morgan fingerprint density at radius 3 is 2.64 bits per heavy atom. The van der Waals surface area contributed by atoms with Crippen LogP contribution in [0.1, 0.15) is 25.0 Å². The lowest BCUT2D eigenvalue weighted by Gasteiger charge is -2.21. The van der Waals surface area contributed by atoms with E-state index < -0.39 is 35.5 Å². The number of nitrogens with zero attached hydrogens (tertiary/aromatic N) is 1. The zero-order valence-corrected chi connectivity index (χ0v) is 11.8. The molecule has 0 saturated carbocycles. The van der Waals surface area contributed by atoms with Crippen molar-refractivity contribution < 1.29 is 24.7 Å². The molecule has 1 aromatic rings.